The highest BCUT2D eigenvalue weighted by molar-refractivity contribution is 5.87. The minimum Gasteiger partial charge on any atom is -0.444 e. The van der Waals surface area contributed by atoms with Crippen molar-refractivity contribution in [3.8, 4) is 0 Å². The molecule has 0 aromatic heterocycles. The zero-order valence-electron chi connectivity index (χ0n) is 15.3. The van der Waals surface area contributed by atoms with Gasteiger partial charge < -0.3 is 10.1 Å². The maximum absolute atomic E-state index is 12.1. The molecule has 1 heterocycles. The fourth-order valence-corrected chi connectivity index (χ4v) is 2.68. The molecule has 1 aliphatic heterocycles. The fraction of sp³-hybridized carbons (Fsp3) is 0.588. The van der Waals surface area contributed by atoms with Gasteiger partial charge in [0.2, 0.25) is 0 Å². The number of carbonyl (C=O) groups excluding carboxylic acids is 1. The summed E-state index contributed by atoms with van der Waals surface area (Å²) in [4.78, 5) is 17.3. The third-order valence-electron chi connectivity index (χ3n) is 3.90. The number of nitrogens with one attached hydrogen (secondary N) is 2. The van der Waals surface area contributed by atoms with Crippen LogP contribution < -0.4 is 10.6 Å². The highest BCUT2D eigenvalue weighted by Crippen LogP contribution is 2.28. The molecule has 0 radical (unpaired) electrons. The lowest BCUT2D eigenvalue weighted by molar-refractivity contribution is 0.0636. The van der Waals surface area contributed by atoms with E-state index in [1.54, 1.807) is 6.07 Å². The van der Waals surface area contributed by atoms with Crippen LogP contribution in [0.5, 0.6) is 0 Å². The van der Waals surface area contributed by atoms with Crippen molar-refractivity contribution in [3.05, 3.63) is 33.7 Å². The summed E-state index contributed by atoms with van der Waals surface area (Å²) in [6.07, 6.45) is -0.526. The Morgan fingerprint density at radius 2 is 2.08 bits per heavy atom. The third-order valence-corrected chi connectivity index (χ3v) is 3.90. The van der Waals surface area contributed by atoms with Gasteiger partial charge in [0.15, 0.2) is 0 Å². The fourth-order valence-electron chi connectivity index (χ4n) is 2.68. The van der Waals surface area contributed by atoms with Crippen molar-refractivity contribution in [1.82, 2.24) is 10.2 Å². The molecule has 0 bridgehead atoms. The smallest absolute Gasteiger partial charge is 0.412 e. The summed E-state index contributed by atoms with van der Waals surface area (Å²) in [5, 5.41) is 9.79. The summed E-state index contributed by atoms with van der Waals surface area (Å²) < 4.78 is 5.31. The molecule has 1 amide bonds. The summed E-state index contributed by atoms with van der Waals surface area (Å²) in [5.74, 6) is 0. The van der Waals surface area contributed by atoms with Gasteiger partial charge in [-0.3, -0.25) is 10.2 Å². The number of piperazine rings is 1. The van der Waals surface area contributed by atoms with Crippen molar-refractivity contribution in [1.29, 1.82) is 0 Å². The summed E-state index contributed by atoms with van der Waals surface area (Å²) in [7, 11) is 0. The molecular formula is C17H26N6O2. The van der Waals surface area contributed by atoms with Gasteiger partial charge in [-0.1, -0.05) is 5.11 Å². The highest BCUT2D eigenvalue weighted by Gasteiger charge is 2.19. The zero-order valence-corrected chi connectivity index (χ0v) is 15.3. The summed E-state index contributed by atoms with van der Waals surface area (Å²) in [5.41, 5.74) is 11.2. The molecule has 25 heavy (non-hydrogen) atoms. The first-order chi connectivity index (χ1) is 11.8. The minimum atomic E-state index is -0.579. The van der Waals surface area contributed by atoms with Crippen LogP contribution in [0.4, 0.5) is 16.2 Å². The van der Waals surface area contributed by atoms with Crippen molar-refractivity contribution < 1.29 is 9.53 Å². The van der Waals surface area contributed by atoms with Gasteiger partial charge in [0.05, 0.1) is 0 Å². The Bertz CT molecular complexity index is 670. The normalized spacial score (nSPS) is 15.4. The average Bonchev–Trinajstić information content (AvgIpc) is 2.51. The molecule has 8 nitrogen and oxygen atoms in total. The lowest BCUT2D eigenvalue weighted by Crippen LogP contribution is -2.43. The number of ether oxygens (including phenoxy) is 1. The number of hydrogen-bond acceptors (Lipinski definition) is 5. The minimum absolute atomic E-state index is 0.476. The maximum atomic E-state index is 12.1. The van der Waals surface area contributed by atoms with Crippen molar-refractivity contribution in [2.45, 2.75) is 39.8 Å². The molecule has 0 saturated carbocycles. The Morgan fingerprint density at radius 3 is 2.68 bits per heavy atom. The lowest BCUT2D eigenvalue weighted by atomic mass is 10.0. The van der Waals surface area contributed by atoms with E-state index in [0.29, 0.717) is 11.4 Å². The zero-order chi connectivity index (χ0) is 18.4. The molecule has 1 aromatic carbocycles. The molecular weight excluding hydrogens is 320 g/mol. The number of carbonyl (C=O) groups is 1. The number of nitrogens with zero attached hydrogens (tertiary/aromatic N) is 4. The number of anilines is 1. The molecule has 1 fully saturated rings. The van der Waals surface area contributed by atoms with E-state index in [1.807, 2.05) is 33.8 Å². The number of benzene rings is 1. The Labute approximate surface area is 148 Å². The monoisotopic (exact) mass is 346 g/mol. The number of rotatable bonds is 4. The van der Waals surface area contributed by atoms with E-state index in [9.17, 15) is 4.79 Å². The molecule has 0 atom stereocenters. The van der Waals surface area contributed by atoms with E-state index in [-0.39, 0.29) is 0 Å². The van der Waals surface area contributed by atoms with E-state index >= 15 is 0 Å². The van der Waals surface area contributed by atoms with Crippen molar-refractivity contribution in [2.24, 2.45) is 5.11 Å². The van der Waals surface area contributed by atoms with Gasteiger partial charge >= 0.3 is 6.09 Å². The number of amides is 1. The molecule has 1 saturated heterocycles. The van der Waals surface area contributed by atoms with Crippen molar-refractivity contribution in [2.75, 3.05) is 31.5 Å². The van der Waals surface area contributed by atoms with Crippen LogP contribution in [0.3, 0.4) is 0 Å². The Morgan fingerprint density at radius 1 is 1.40 bits per heavy atom. The Balaban J connectivity index is 2.25. The molecule has 0 unspecified atom stereocenters. The largest absolute Gasteiger partial charge is 0.444 e. The van der Waals surface area contributed by atoms with E-state index in [1.165, 1.54) is 0 Å². The molecule has 2 N–H and O–H groups in total. The van der Waals surface area contributed by atoms with Crippen molar-refractivity contribution in [3.63, 3.8) is 0 Å². The van der Waals surface area contributed by atoms with Gasteiger partial charge in [0.25, 0.3) is 0 Å². The van der Waals surface area contributed by atoms with Crippen LogP contribution in [0.25, 0.3) is 10.4 Å². The van der Waals surface area contributed by atoms with Crippen LogP contribution in [0, 0.1) is 6.92 Å². The molecule has 8 heteroatoms. The standard InChI is InChI=1S/C17H26N6O2/c1-12-13(11-23-7-5-19-6-8-23)9-14(21-22-18)10-15(12)20-16(24)25-17(2,3)4/h9-10,19H,5-8,11H2,1-4H3,(H,20,24). The van der Waals surface area contributed by atoms with Crippen molar-refractivity contribution >= 4 is 17.5 Å². The SMILES string of the molecule is Cc1c(CN2CCNCC2)cc(N=[N+]=[N-])cc1NC(=O)OC(C)(C)C. The van der Waals surface area contributed by atoms with Crippen LogP contribution in [-0.2, 0) is 11.3 Å². The molecule has 0 spiro atoms. The Hall–Kier alpha value is -2.28. The van der Waals surface area contributed by atoms with Gasteiger partial charge in [-0.15, -0.1) is 0 Å². The molecule has 0 aliphatic carbocycles. The van der Waals surface area contributed by atoms with Crippen LogP contribution in [0.1, 0.15) is 31.9 Å². The second-order valence-electron chi connectivity index (χ2n) is 7.12. The lowest BCUT2D eigenvalue weighted by Gasteiger charge is -2.28. The van der Waals surface area contributed by atoms with Crippen LogP contribution in [-0.4, -0.2) is 42.8 Å². The topological polar surface area (TPSA) is 102 Å². The Kier molecular flexibility index (Phi) is 6.25. The molecule has 136 valence electrons. The quantitative estimate of drug-likeness (QED) is 0.493. The summed E-state index contributed by atoms with van der Waals surface area (Å²) in [6, 6.07) is 3.54. The van der Waals surface area contributed by atoms with Gasteiger partial charge in [0.1, 0.15) is 5.60 Å². The molecule has 1 aromatic rings. The maximum Gasteiger partial charge on any atom is 0.412 e. The van der Waals surface area contributed by atoms with E-state index < -0.39 is 11.7 Å². The van der Waals surface area contributed by atoms with E-state index in [0.717, 1.165) is 43.9 Å². The van der Waals surface area contributed by atoms with Gasteiger partial charge in [-0.05, 0) is 56.5 Å². The second kappa shape index (κ2) is 8.20. The third kappa shape index (κ3) is 5.94. The predicted molar refractivity (Wildman–Crippen MR) is 98.0 cm³/mol. The predicted octanol–water partition coefficient (Wildman–Crippen LogP) is 3.69. The number of hydrogen-bond donors (Lipinski definition) is 2. The summed E-state index contributed by atoms with van der Waals surface area (Å²) in [6.45, 7) is 12.0. The highest BCUT2D eigenvalue weighted by atomic mass is 16.6. The first-order valence-corrected chi connectivity index (χ1v) is 8.40. The average molecular weight is 346 g/mol. The van der Waals surface area contributed by atoms with E-state index in [4.69, 9.17) is 10.3 Å². The second-order valence-corrected chi connectivity index (χ2v) is 7.12. The van der Waals surface area contributed by atoms with Crippen LogP contribution in [0.2, 0.25) is 0 Å². The number of azide groups is 1. The van der Waals surface area contributed by atoms with Crippen LogP contribution >= 0.6 is 0 Å². The van der Waals surface area contributed by atoms with Gasteiger partial charge in [-0.2, -0.15) is 0 Å². The van der Waals surface area contributed by atoms with Gasteiger partial charge in [0, 0.05) is 49.0 Å². The van der Waals surface area contributed by atoms with Crippen LogP contribution in [0.15, 0.2) is 17.2 Å². The first-order valence-electron chi connectivity index (χ1n) is 8.40. The summed E-state index contributed by atoms with van der Waals surface area (Å²) >= 11 is 0. The molecule has 2 rings (SSSR count). The van der Waals surface area contributed by atoms with E-state index in [2.05, 4.69) is 25.6 Å². The molecule has 1 aliphatic rings. The first kappa shape index (κ1) is 19.1. The van der Waals surface area contributed by atoms with Gasteiger partial charge in [-0.25, -0.2) is 4.79 Å².